The van der Waals surface area contributed by atoms with Crippen molar-refractivity contribution in [3.63, 3.8) is 0 Å². The van der Waals surface area contributed by atoms with Crippen LogP contribution >= 0.6 is 0 Å². The third-order valence-corrected chi connectivity index (χ3v) is 1.06. The standard InChI is InChI=1S/C8H11NO/c1-3-4-8(2)5-6-9-7-10/h3,5H,1,4,6H2,2H3. The summed E-state index contributed by atoms with van der Waals surface area (Å²) in [5.41, 5.74) is 1.18. The van der Waals surface area contributed by atoms with Gasteiger partial charge in [-0.2, -0.15) is 0 Å². The normalized spacial score (nSPS) is 10.3. The summed E-state index contributed by atoms with van der Waals surface area (Å²) in [5.74, 6) is 0. The summed E-state index contributed by atoms with van der Waals surface area (Å²) < 4.78 is 0. The van der Waals surface area contributed by atoms with Crippen LogP contribution in [0.1, 0.15) is 13.3 Å². The first kappa shape index (κ1) is 8.86. The van der Waals surface area contributed by atoms with E-state index in [4.69, 9.17) is 0 Å². The highest BCUT2D eigenvalue weighted by Gasteiger charge is 1.81. The van der Waals surface area contributed by atoms with E-state index in [0.717, 1.165) is 6.42 Å². The van der Waals surface area contributed by atoms with Crippen molar-refractivity contribution in [3.8, 4) is 0 Å². The molecule has 0 aliphatic carbocycles. The molecule has 0 aromatic heterocycles. The second-order valence-electron chi connectivity index (χ2n) is 1.98. The summed E-state index contributed by atoms with van der Waals surface area (Å²) in [4.78, 5) is 13.0. The molecule has 0 radical (unpaired) electrons. The molecule has 0 aromatic rings. The van der Waals surface area contributed by atoms with Crippen LogP contribution in [0.2, 0.25) is 0 Å². The molecule has 0 heterocycles. The van der Waals surface area contributed by atoms with Crippen molar-refractivity contribution in [1.29, 1.82) is 0 Å². The summed E-state index contributed by atoms with van der Waals surface area (Å²) in [5, 5.41) is 0. The van der Waals surface area contributed by atoms with E-state index in [9.17, 15) is 4.79 Å². The molecule has 2 heteroatoms. The number of nitrogens with zero attached hydrogens (tertiary/aromatic N) is 1. The van der Waals surface area contributed by atoms with Crippen molar-refractivity contribution in [2.75, 3.05) is 6.54 Å². The lowest BCUT2D eigenvalue weighted by Gasteiger charge is -1.90. The topological polar surface area (TPSA) is 29.4 Å². The molecule has 0 N–H and O–H groups in total. The number of aliphatic imine (C=N–C) groups is 1. The van der Waals surface area contributed by atoms with Crippen molar-refractivity contribution >= 4 is 6.08 Å². The lowest BCUT2D eigenvalue weighted by molar-refractivity contribution is 0.564. The molecule has 0 saturated heterocycles. The zero-order valence-corrected chi connectivity index (χ0v) is 6.13. The van der Waals surface area contributed by atoms with Gasteiger partial charge in [-0.1, -0.05) is 17.7 Å². The molecule has 0 atom stereocenters. The Morgan fingerprint density at radius 1 is 1.80 bits per heavy atom. The predicted molar refractivity (Wildman–Crippen MR) is 41.6 cm³/mol. The Balaban J connectivity index is 3.67. The molecule has 0 aromatic carbocycles. The largest absolute Gasteiger partial charge is 0.235 e. The molecule has 0 saturated carbocycles. The molecule has 2 nitrogen and oxygen atoms in total. The van der Waals surface area contributed by atoms with Gasteiger partial charge in [-0.05, 0) is 13.3 Å². The zero-order chi connectivity index (χ0) is 7.82. The van der Waals surface area contributed by atoms with Gasteiger partial charge in [-0.25, -0.2) is 9.79 Å². The maximum absolute atomic E-state index is 9.60. The van der Waals surface area contributed by atoms with Crippen LogP contribution in [0.3, 0.4) is 0 Å². The Labute approximate surface area is 61.0 Å². The van der Waals surface area contributed by atoms with Crippen molar-refractivity contribution in [2.45, 2.75) is 13.3 Å². The van der Waals surface area contributed by atoms with Gasteiger partial charge >= 0.3 is 0 Å². The van der Waals surface area contributed by atoms with Crippen LogP contribution < -0.4 is 0 Å². The highest BCUT2D eigenvalue weighted by Crippen LogP contribution is 1.98. The van der Waals surface area contributed by atoms with Gasteiger partial charge in [-0.3, -0.25) is 0 Å². The van der Waals surface area contributed by atoms with E-state index in [1.54, 1.807) is 0 Å². The average molecular weight is 137 g/mol. The fourth-order valence-electron chi connectivity index (χ4n) is 0.550. The van der Waals surface area contributed by atoms with E-state index in [0.29, 0.717) is 6.54 Å². The fraction of sp³-hybridized carbons (Fsp3) is 0.375. The minimum Gasteiger partial charge on any atom is -0.211 e. The number of isocyanates is 1. The molecule has 0 aliphatic rings. The van der Waals surface area contributed by atoms with E-state index in [2.05, 4.69) is 11.6 Å². The molecule has 0 fully saturated rings. The van der Waals surface area contributed by atoms with Crippen LogP contribution in [0.4, 0.5) is 0 Å². The lowest BCUT2D eigenvalue weighted by Crippen LogP contribution is -1.76. The SMILES string of the molecule is C=CCC(C)=CCN=C=O. The molecule has 0 aliphatic heterocycles. The molecule has 0 spiro atoms. The highest BCUT2D eigenvalue weighted by atomic mass is 16.1. The van der Waals surface area contributed by atoms with Crippen LogP contribution in [-0.2, 0) is 4.79 Å². The van der Waals surface area contributed by atoms with Crippen LogP contribution in [0.15, 0.2) is 29.3 Å². The van der Waals surface area contributed by atoms with Gasteiger partial charge in [0.25, 0.3) is 0 Å². The van der Waals surface area contributed by atoms with Crippen LogP contribution in [0.5, 0.6) is 0 Å². The number of hydrogen-bond acceptors (Lipinski definition) is 2. The minimum absolute atomic E-state index is 0.434. The van der Waals surface area contributed by atoms with Crippen molar-refractivity contribution in [1.82, 2.24) is 0 Å². The van der Waals surface area contributed by atoms with E-state index < -0.39 is 0 Å². The Bertz CT molecular complexity index is 176. The molecule has 0 amide bonds. The molecule has 10 heavy (non-hydrogen) atoms. The zero-order valence-electron chi connectivity index (χ0n) is 6.13. The Kier molecular flexibility index (Phi) is 5.30. The summed E-state index contributed by atoms with van der Waals surface area (Å²) in [6, 6.07) is 0. The first-order valence-electron chi connectivity index (χ1n) is 3.11. The van der Waals surface area contributed by atoms with E-state index in [1.807, 2.05) is 19.1 Å². The van der Waals surface area contributed by atoms with Gasteiger partial charge in [0.05, 0.1) is 6.54 Å². The lowest BCUT2D eigenvalue weighted by atomic mass is 10.2. The first-order valence-corrected chi connectivity index (χ1v) is 3.11. The number of carbonyl (C=O) groups excluding carboxylic acids is 1. The summed E-state index contributed by atoms with van der Waals surface area (Å²) in [7, 11) is 0. The molecule has 0 bridgehead atoms. The third-order valence-electron chi connectivity index (χ3n) is 1.06. The maximum atomic E-state index is 9.60. The van der Waals surface area contributed by atoms with Crippen LogP contribution in [-0.4, -0.2) is 12.6 Å². The molecular weight excluding hydrogens is 126 g/mol. The number of allylic oxidation sites excluding steroid dienone is 2. The summed E-state index contributed by atoms with van der Waals surface area (Å²) in [6.07, 6.45) is 6.02. The van der Waals surface area contributed by atoms with Gasteiger partial charge < -0.3 is 0 Å². The summed E-state index contributed by atoms with van der Waals surface area (Å²) in [6.45, 7) is 5.99. The number of rotatable bonds is 4. The van der Waals surface area contributed by atoms with E-state index >= 15 is 0 Å². The quantitative estimate of drug-likeness (QED) is 0.330. The summed E-state index contributed by atoms with van der Waals surface area (Å²) >= 11 is 0. The monoisotopic (exact) mass is 137 g/mol. The van der Waals surface area contributed by atoms with Gasteiger partial charge in [0.1, 0.15) is 0 Å². The van der Waals surface area contributed by atoms with Crippen molar-refractivity contribution in [3.05, 3.63) is 24.3 Å². The highest BCUT2D eigenvalue weighted by molar-refractivity contribution is 5.33. The van der Waals surface area contributed by atoms with Crippen molar-refractivity contribution in [2.24, 2.45) is 4.99 Å². The smallest absolute Gasteiger partial charge is 0.211 e. The van der Waals surface area contributed by atoms with Gasteiger partial charge in [0.15, 0.2) is 0 Å². The fourth-order valence-corrected chi connectivity index (χ4v) is 0.550. The molecule has 0 rings (SSSR count). The Hall–Kier alpha value is -1.14. The van der Waals surface area contributed by atoms with Crippen molar-refractivity contribution < 1.29 is 4.79 Å². The van der Waals surface area contributed by atoms with Crippen LogP contribution in [0.25, 0.3) is 0 Å². The van der Waals surface area contributed by atoms with Gasteiger partial charge in [0.2, 0.25) is 6.08 Å². The first-order chi connectivity index (χ1) is 4.81. The number of hydrogen-bond donors (Lipinski definition) is 0. The molecular formula is C8H11NO. The van der Waals surface area contributed by atoms with E-state index in [1.165, 1.54) is 11.7 Å². The predicted octanol–water partition coefficient (Wildman–Crippen LogP) is 1.84. The second kappa shape index (κ2) is 5.99. The third kappa shape index (κ3) is 5.01. The maximum Gasteiger partial charge on any atom is 0.235 e. The Morgan fingerprint density at radius 3 is 3.00 bits per heavy atom. The Morgan fingerprint density at radius 2 is 2.50 bits per heavy atom. The van der Waals surface area contributed by atoms with Crippen LogP contribution in [0, 0.1) is 0 Å². The van der Waals surface area contributed by atoms with Gasteiger partial charge in [-0.15, -0.1) is 6.58 Å². The minimum atomic E-state index is 0.434. The molecule has 54 valence electrons. The average Bonchev–Trinajstić information content (AvgIpc) is 1.89. The second-order valence-corrected chi connectivity index (χ2v) is 1.98. The van der Waals surface area contributed by atoms with Gasteiger partial charge in [0, 0.05) is 0 Å². The molecule has 0 unspecified atom stereocenters. The van der Waals surface area contributed by atoms with E-state index in [-0.39, 0.29) is 0 Å².